The maximum atomic E-state index is 12.7. The first kappa shape index (κ1) is 18.6. The summed E-state index contributed by atoms with van der Waals surface area (Å²) in [4.78, 5) is 2.12. The Morgan fingerprint density at radius 3 is 2.64 bits per heavy atom. The van der Waals surface area contributed by atoms with Gasteiger partial charge in [-0.2, -0.15) is 18.3 Å². The van der Waals surface area contributed by atoms with Crippen molar-refractivity contribution in [2.45, 2.75) is 56.3 Å². The molecule has 25 heavy (non-hydrogen) atoms. The molecule has 0 amide bonds. The molecule has 1 aromatic rings. The number of nitrogens with zero attached hydrogens (tertiary/aromatic N) is 3. The van der Waals surface area contributed by atoms with Crippen molar-refractivity contribution < 1.29 is 27.8 Å². The second-order valence-electron chi connectivity index (χ2n) is 6.78. The van der Waals surface area contributed by atoms with Crippen LogP contribution in [0, 0.1) is 0 Å². The first-order chi connectivity index (χ1) is 11.8. The lowest BCUT2D eigenvalue weighted by Gasteiger charge is -2.54. The topological polar surface area (TPSA) is 59.8 Å². The molecule has 3 unspecified atom stereocenters. The Balaban J connectivity index is 1.92. The molecule has 1 N–H and O–H groups in total. The fourth-order valence-electron chi connectivity index (χ4n) is 3.98. The van der Waals surface area contributed by atoms with Crippen molar-refractivity contribution in [1.29, 1.82) is 0 Å². The van der Waals surface area contributed by atoms with E-state index in [1.54, 1.807) is 30.1 Å². The summed E-state index contributed by atoms with van der Waals surface area (Å²) >= 11 is 0. The highest BCUT2D eigenvalue weighted by Crippen LogP contribution is 2.39. The largest absolute Gasteiger partial charge is 0.411 e. The zero-order valence-corrected chi connectivity index (χ0v) is 14.2. The lowest BCUT2D eigenvalue weighted by Crippen LogP contribution is -2.68. The summed E-state index contributed by atoms with van der Waals surface area (Å²) in [5, 5.41) is 14.7. The van der Waals surface area contributed by atoms with Crippen LogP contribution in [0.4, 0.5) is 13.2 Å². The fraction of sp³-hybridized carbons (Fsp3) is 0.812. The quantitative estimate of drug-likeness (QED) is 0.883. The Morgan fingerprint density at radius 2 is 2.04 bits per heavy atom. The molecule has 2 saturated heterocycles. The summed E-state index contributed by atoms with van der Waals surface area (Å²) in [5.41, 5.74) is -1.01. The van der Waals surface area contributed by atoms with E-state index in [2.05, 4.69) is 10.00 Å². The summed E-state index contributed by atoms with van der Waals surface area (Å²) in [5.74, 6) is 0. The summed E-state index contributed by atoms with van der Waals surface area (Å²) in [6.07, 6.45) is -1.26. The van der Waals surface area contributed by atoms with Crippen LogP contribution in [0.25, 0.3) is 0 Å². The Labute approximate surface area is 144 Å². The second-order valence-corrected chi connectivity index (χ2v) is 6.78. The molecule has 0 aromatic carbocycles. The molecule has 1 aromatic heterocycles. The van der Waals surface area contributed by atoms with Crippen molar-refractivity contribution in [3.63, 3.8) is 0 Å². The molecule has 3 rings (SSSR count). The first-order valence-corrected chi connectivity index (χ1v) is 8.53. The highest BCUT2D eigenvalue weighted by Gasteiger charge is 2.52. The molecule has 9 heteroatoms. The van der Waals surface area contributed by atoms with Gasteiger partial charge in [0.05, 0.1) is 6.10 Å². The van der Waals surface area contributed by atoms with Crippen LogP contribution < -0.4 is 0 Å². The van der Waals surface area contributed by atoms with Gasteiger partial charge in [-0.25, -0.2) is 4.68 Å². The third kappa shape index (κ3) is 3.84. The number of piperidine rings is 1. The van der Waals surface area contributed by atoms with Crippen LogP contribution in [-0.4, -0.2) is 70.6 Å². The third-order valence-corrected chi connectivity index (χ3v) is 5.16. The summed E-state index contributed by atoms with van der Waals surface area (Å²) in [6.45, 7) is 2.19. The second kappa shape index (κ2) is 7.22. The average molecular weight is 363 g/mol. The molecule has 3 heterocycles. The molecule has 2 aliphatic heterocycles. The number of aliphatic hydroxyl groups is 1. The zero-order valence-electron chi connectivity index (χ0n) is 14.2. The van der Waals surface area contributed by atoms with Gasteiger partial charge in [0.1, 0.15) is 18.4 Å². The van der Waals surface area contributed by atoms with Gasteiger partial charge in [-0.1, -0.05) is 0 Å². The van der Waals surface area contributed by atoms with Crippen LogP contribution in [0.1, 0.15) is 26.2 Å². The number of halogens is 3. The fourth-order valence-corrected chi connectivity index (χ4v) is 3.98. The van der Waals surface area contributed by atoms with Crippen LogP contribution >= 0.6 is 0 Å². The zero-order chi connectivity index (χ0) is 18.1. The molecule has 142 valence electrons. The van der Waals surface area contributed by atoms with Gasteiger partial charge in [0.25, 0.3) is 0 Å². The smallest absolute Gasteiger partial charge is 0.390 e. The van der Waals surface area contributed by atoms with Gasteiger partial charge in [-0.05, 0) is 32.3 Å². The van der Waals surface area contributed by atoms with Crippen LogP contribution in [0.15, 0.2) is 18.5 Å². The molecule has 0 aliphatic carbocycles. The number of hydrogen-bond donors (Lipinski definition) is 1. The first-order valence-electron chi connectivity index (χ1n) is 8.53. The molecule has 2 fully saturated rings. The molecule has 3 atom stereocenters. The van der Waals surface area contributed by atoms with E-state index in [0.29, 0.717) is 26.2 Å². The van der Waals surface area contributed by atoms with Gasteiger partial charge in [-0.3, -0.25) is 4.90 Å². The van der Waals surface area contributed by atoms with Crippen LogP contribution in [-0.2, 0) is 15.1 Å². The number of rotatable bonds is 4. The third-order valence-electron chi connectivity index (χ3n) is 5.16. The highest BCUT2D eigenvalue weighted by molar-refractivity contribution is 5.01. The van der Waals surface area contributed by atoms with E-state index in [1.807, 2.05) is 0 Å². The van der Waals surface area contributed by atoms with Crippen LogP contribution in [0.2, 0.25) is 0 Å². The average Bonchev–Trinajstić information content (AvgIpc) is 3.09. The van der Waals surface area contributed by atoms with Crippen LogP contribution in [0.5, 0.6) is 0 Å². The van der Waals surface area contributed by atoms with Crippen molar-refractivity contribution in [2.24, 2.45) is 0 Å². The van der Waals surface area contributed by atoms with Crippen molar-refractivity contribution in [3.8, 4) is 0 Å². The number of hydrogen-bond acceptors (Lipinski definition) is 5. The van der Waals surface area contributed by atoms with E-state index in [-0.39, 0.29) is 6.04 Å². The molecule has 0 saturated carbocycles. The number of aliphatic hydroxyl groups excluding tert-OH is 1. The molecular formula is C16H24F3N3O3. The number of aromatic nitrogens is 2. The minimum absolute atomic E-state index is 0.146. The number of ether oxygens (including phenoxy) is 2. The van der Waals surface area contributed by atoms with Gasteiger partial charge in [0.15, 0.2) is 0 Å². The number of likely N-dealkylation sites (tertiary alicyclic amines) is 1. The van der Waals surface area contributed by atoms with E-state index in [0.717, 1.165) is 12.8 Å². The monoisotopic (exact) mass is 363 g/mol. The van der Waals surface area contributed by atoms with Gasteiger partial charge in [0.2, 0.25) is 0 Å². The van der Waals surface area contributed by atoms with E-state index in [9.17, 15) is 18.3 Å². The predicted octanol–water partition coefficient (Wildman–Crippen LogP) is 1.75. The minimum Gasteiger partial charge on any atom is -0.390 e. The lowest BCUT2D eigenvalue weighted by molar-refractivity contribution is -0.247. The van der Waals surface area contributed by atoms with E-state index in [4.69, 9.17) is 9.47 Å². The maximum absolute atomic E-state index is 12.7. The summed E-state index contributed by atoms with van der Waals surface area (Å²) in [7, 11) is 0. The Morgan fingerprint density at radius 1 is 1.32 bits per heavy atom. The van der Waals surface area contributed by atoms with Gasteiger partial charge >= 0.3 is 6.18 Å². The summed E-state index contributed by atoms with van der Waals surface area (Å²) in [6, 6.07) is 1.86. The predicted molar refractivity (Wildman–Crippen MR) is 82.8 cm³/mol. The molecule has 0 bridgehead atoms. The molecule has 2 aliphatic rings. The van der Waals surface area contributed by atoms with Crippen molar-refractivity contribution in [1.82, 2.24) is 14.7 Å². The highest BCUT2D eigenvalue weighted by atomic mass is 19.4. The minimum atomic E-state index is -4.45. The van der Waals surface area contributed by atoms with Crippen molar-refractivity contribution >= 4 is 0 Å². The van der Waals surface area contributed by atoms with Gasteiger partial charge in [0, 0.05) is 38.2 Å². The normalized spacial score (nSPS) is 32.8. The standard InChI is InChI=1S/C16H24F3N3O3/c1-15(22-7-2-6-20-22)14(25-11-16(17,18)19)13(23)3-8-21(15)12-4-9-24-10-5-12/h2,6-7,12-14,23H,3-5,8-11H2,1H3. The Hall–Kier alpha value is -1.16. The van der Waals surface area contributed by atoms with E-state index in [1.165, 1.54) is 0 Å². The molecule has 0 spiro atoms. The van der Waals surface area contributed by atoms with E-state index >= 15 is 0 Å². The van der Waals surface area contributed by atoms with Crippen molar-refractivity contribution in [3.05, 3.63) is 18.5 Å². The molecular weight excluding hydrogens is 339 g/mol. The lowest BCUT2D eigenvalue weighted by atomic mass is 9.87. The van der Waals surface area contributed by atoms with Gasteiger partial charge in [-0.15, -0.1) is 0 Å². The maximum Gasteiger partial charge on any atom is 0.411 e. The van der Waals surface area contributed by atoms with Crippen molar-refractivity contribution in [2.75, 3.05) is 26.4 Å². The van der Waals surface area contributed by atoms with Gasteiger partial charge < -0.3 is 14.6 Å². The molecule has 0 radical (unpaired) electrons. The van der Waals surface area contributed by atoms with E-state index < -0.39 is 30.7 Å². The molecule has 6 nitrogen and oxygen atoms in total. The Kier molecular flexibility index (Phi) is 5.38. The SMILES string of the molecule is CC1(n2cccn2)C(OCC(F)(F)F)C(O)CCN1C1CCOCC1. The summed E-state index contributed by atoms with van der Waals surface area (Å²) < 4.78 is 50.4. The number of alkyl halides is 3. The Bertz CT molecular complexity index is 549. The van der Waals surface area contributed by atoms with Crippen LogP contribution in [0.3, 0.4) is 0 Å².